The lowest BCUT2D eigenvalue weighted by Crippen LogP contribution is -2.43. The quantitative estimate of drug-likeness (QED) is 0.190. The molecule has 0 atom stereocenters. The molecular weight excluding hydrogens is 544 g/mol. The third kappa shape index (κ3) is 8.10. The first-order valence-electron chi connectivity index (χ1n) is 15.4. The van der Waals surface area contributed by atoms with Crippen LogP contribution in [0, 0.1) is 0 Å². The van der Waals surface area contributed by atoms with Gasteiger partial charge in [0.2, 0.25) is 0 Å². The van der Waals surface area contributed by atoms with E-state index in [1.165, 1.54) is 0 Å². The van der Waals surface area contributed by atoms with Crippen LogP contribution >= 0.6 is 0 Å². The van der Waals surface area contributed by atoms with Crippen LogP contribution < -0.4 is 21.3 Å². The summed E-state index contributed by atoms with van der Waals surface area (Å²) in [6, 6.07) is 20.9. The van der Waals surface area contributed by atoms with Gasteiger partial charge >= 0.3 is 12.1 Å². The molecule has 0 heterocycles. The van der Waals surface area contributed by atoms with Gasteiger partial charge in [0.1, 0.15) is 0 Å². The summed E-state index contributed by atoms with van der Waals surface area (Å²) in [4.78, 5) is 26.0. The Hall–Kier alpha value is -4.06. The Kier molecular flexibility index (Phi) is 8.55. The van der Waals surface area contributed by atoms with Gasteiger partial charge < -0.3 is 21.3 Å². The lowest BCUT2D eigenvalue weighted by atomic mass is 9.84. The highest BCUT2D eigenvalue weighted by atomic mass is 16.2. The maximum Gasteiger partial charge on any atom is 0.319 e. The van der Waals surface area contributed by atoms with Gasteiger partial charge in [-0.05, 0) is 110 Å². The molecule has 234 valence electrons. The minimum atomic E-state index is -0.361. The molecule has 4 aromatic carbocycles. The van der Waals surface area contributed by atoms with E-state index in [1.807, 2.05) is 41.5 Å². The molecule has 44 heavy (non-hydrogen) atoms. The average Bonchev–Trinajstić information content (AvgIpc) is 2.84. The molecule has 0 aliphatic rings. The Balaban J connectivity index is 1.86. The number of amides is 4. The molecule has 6 nitrogen and oxygen atoms in total. The van der Waals surface area contributed by atoms with Crippen molar-refractivity contribution in [3.8, 4) is 11.1 Å². The van der Waals surface area contributed by atoms with Gasteiger partial charge in [-0.1, -0.05) is 77.9 Å². The van der Waals surface area contributed by atoms with Gasteiger partial charge in [0, 0.05) is 21.9 Å². The summed E-state index contributed by atoms with van der Waals surface area (Å²) in [5.41, 5.74) is 4.98. The van der Waals surface area contributed by atoms with Crippen molar-refractivity contribution in [2.75, 3.05) is 10.6 Å². The molecule has 0 aliphatic heterocycles. The zero-order valence-corrected chi connectivity index (χ0v) is 28.6. The Bertz CT molecular complexity index is 1600. The summed E-state index contributed by atoms with van der Waals surface area (Å²) in [6.45, 7) is 24.9. The van der Waals surface area contributed by atoms with E-state index >= 15 is 0 Å². The van der Waals surface area contributed by atoms with Crippen molar-refractivity contribution >= 4 is 45.0 Å². The second kappa shape index (κ2) is 11.5. The van der Waals surface area contributed by atoms with E-state index in [9.17, 15) is 9.59 Å². The standard InChI is InChI=1S/C38H50N4O2/c1-35(2,3)27-17-25-15-13-23(19-29(25)31(21-27)39-33(43)41-37(7,8)9)24-14-16-26-18-28(36(4,5)6)22-32(30(26)20-24)40-34(44)42-38(10,11)12/h13-22H,1-12H3,(H2,39,41,43)(H2,40,42,44). The summed E-state index contributed by atoms with van der Waals surface area (Å²) in [7, 11) is 0. The number of rotatable bonds is 3. The molecule has 4 rings (SSSR count). The summed E-state index contributed by atoms with van der Waals surface area (Å²) in [5.74, 6) is 0. The fraction of sp³-hybridized carbons (Fsp3) is 0.421. The maximum absolute atomic E-state index is 13.0. The highest BCUT2D eigenvalue weighted by Gasteiger charge is 2.21. The number of carbonyl (C=O) groups excluding carboxylic acids is 2. The van der Waals surface area contributed by atoms with Crippen LogP contribution in [0.2, 0.25) is 0 Å². The summed E-state index contributed by atoms with van der Waals surface area (Å²) in [5, 5.41) is 16.3. The molecule has 0 saturated heterocycles. The topological polar surface area (TPSA) is 82.3 Å². The van der Waals surface area contributed by atoms with Crippen LogP contribution in [-0.2, 0) is 10.8 Å². The fourth-order valence-electron chi connectivity index (χ4n) is 5.14. The van der Waals surface area contributed by atoms with Crippen molar-refractivity contribution in [1.29, 1.82) is 0 Å². The number of nitrogens with one attached hydrogen (secondary N) is 4. The number of benzene rings is 4. The first kappa shape index (κ1) is 32.8. The monoisotopic (exact) mass is 594 g/mol. The highest BCUT2D eigenvalue weighted by Crippen LogP contribution is 2.37. The Morgan fingerprint density at radius 1 is 0.477 bits per heavy atom. The van der Waals surface area contributed by atoms with E-state index < -0.39 is 0 Å². The van der Waals surface area contributed by atoms with Gasteiger partial charge in [0.15, 0.2) is 0 Å². The maximum atomic E-state index is 13.0. The van der Waals surface area contributed by atoms with Crippen molar-refractivity contribution in [3.63, 3.8) is 0 Å². The van der Waals surface area contributed by atoms with Crippen LogP contribution in [0.4, 0.5) is 21.0 Å². The van der Waals surface area contributed by atoms with Gasteiger partial charge in [-0.25, -0.2) is 9.59 Å². The minimum Gasteiger partial charge on any atom is -0.333 e. The number of hydrogen-bond donors (Lipinski definition) is 4. The highest BCUT2D eigenvalue weighted by molar-refractivity contribution is 6.06. The molecule has 0 aliphatic carbocycles. The number of hydrogen-bond acceptors (Lipinski definition) is 2. The van der Waals surface area contributed by atoms with Crippen LogP contribution in [0.1, 0.15) is 94.2 Å². The lowest BCUT2D eigenvalue weighted by molar-refractivity contribution is 0.242. The predicted molar refractivity (Wildman–Crippen MR) is 188 cm³/mol. The zero-order chi connectivity index (χ0) is 32.8. The summed E-state index contributed by atoms with van der Waals surface area (Å²) >= 11 is 0. The Morgan fingerprint density at radius 3 is 1.11 bits per heavy atom. The molecule has 6 heteroatoms. The van der Waals surface area contributed by atoms with Crippen LogP contribution in [0.15, 0.2) is 60.7 Å². The predicted octanol–water partition coefficient (Wildman–Crippen LogP) is 10.1. The first-order valence-corrected chi connectivity index (χ1v) is 15.4. The number of anilines is 2. The zero-order valence-electron chi connectivity index (χ0n) is 28.6. The molecule has 0 spiro atoms. The second-order valence-electron chi connectivity index (χ2n) is 16.1. The first-order chi connectivity index (χ1) is 20.1. The van der Waals surface area contributed by atoms with Gasteiger partial charge in [0.25, 0.3) is 0 Å². The van der Waals surface area contributed by atoms with Crippen molar-refractivity contribution in [2.24, 2.45) is 0 Å². The van der Waals surface area contributed by atoms with Crippen LogP contribution in [0.3, 0.4) is 0 Å². The van der Waals surface area contributed by atoms with Gasteiger partial charge in [-0.15, -0.1) is 0 Å². The number of carbonyl (C=O) groups is 2. The summed E-state index contributed by atoms with van der Waals surface area (Å²) in [6.07, 6.45) is 0. The van der Waals surface area contributed by atoms with E-state index in [1.54, 1.807) is 0 Å². The van der Waals surface area contributed by atoms with E-state index in [0.717, 1.165) is 55.2 Å². The fourth-order valence-corrected chi connectivity index (χ4v) is 5.14. The molecule has 0 radical (unpaired) electrons. The van der Waals surface area contributed by atoms with E-state index in [2.05, 4.69) is 123 Å². The average molecular weight is 595 g/mol. The Morgan fingerprint density at radius 2 is 0.818 bits per heavy atom. The number of fused-ring (bicyclic) bond motifs is 2. The van der Waals surface area contributed by atoms with E-state index in [4.69, 9.17) is 0 Å². The Labute approximate surface area is 263 Å². The summed E-state index contributed by atoms with van der Waals surface area (Å²) < 4.78 is 0. The van der Waals surface area contributed by atoms with E-state index in [-0.39, 0.29) is 34.0 Å². The SMILES string of the molecule is CC(C)(C)NC(=O)Nc1cc(C(C)(C)C)cc2ccc(-c3ccc4cc(C(C)(C)C)cc(NC(=O)NC(C)(C)C)c4c3)cc12. The lowest BCUT2D eigenvalue weighted by Gasteiger charge is -2.24. The van der Waals surface area contributed by atoms with Crippen LogP contribution in [0.25, 0.3) is 32.7 Å². The molecule has 0 unspecified atom stereocenters. The second-order valence-corrected chi connectivity index (χ2v) is 16.1. The molecule has 4 N–H and O–H groups in total. The third-order valence-electron chi connectivity index (χ3n) is 7.45. The van der Waals surface area contributed by atoms with Crippen molar-refractivity contribution in [2.45, 2.75) is 105 Å². The van der Waals surface area contributed by atoms with Gasteiger partial charge in [-0.2, -0.15) is 0 Å². The van der Waals surface area contributed by atoms with Gasteiger partial charge in [-0.3, -0.25) is 0 Å². The third-order valence-corrected chi connectivity index (χ3v) is 7.45. The van der Waals surface area contributed by atoms with Gasteiger partial charge in [0.05, 0.1) is 11.4 Å². The molecule has 0 fully saturated rings. The molecule has 4 amide bonds. The smallest absolute Gasteiger partial charge is 0.319 e. The van der Waals surface area contributed by atoms with Crippen molar-refractivity contribution < 1.29 is 9.59 Å². The molecule has 4 aromatic rings. The normalized spacial score (nSPS) is 12.7. The van der Waals surface area contributed by atoms with E-state index in [0.29, 0.717) is 0 Å². The molecule has 0 bridgehead atoms. The van der Waals surface area contributed by atoms with Crippen LogP contribution in [-0.4, -0.2) is 23.1 Å². The largest absolute Gasteiger partial charge is 0.333 e. The minimum absolute atomic E-state index is 0.0866. The molecule has 0 aromatic heterocycles. The molecule has 0 saturated carbocycles. The number of urea groups is 2. The van der Waals surface area contributed by atoms with Crippen LogP contribution in [0.5, 0.6) is 0 Å². The molecular formula is C38H50N4O2. The van der Waals surface area contributed by atoms with Crippen molar-refractivity contribution in [1.82, 2.24) is 10.6 Å². The van der Waals surface area contributed by atoms with Crippen molar-refractivity contribution in [3.05, 3.63) is 71.8 Å².